The third-order valence-corrected chi connectivity index (χ3v) is 6.15. The molecule has 4 aromatic rings. The van der Waals surface area contributed by atoms with Gasteiger partial charge in [0.15, 0.2) is 0 Å². The lowest BCUT2D eigenvalue weighted by Gasteiger charge is -2.24. The molecule has 0 fully saturated rings. The number of benzene rings is 4. The maximum Gasteiger partial charge on any atom is 0.258 e. The number of rotatable bonds is 8. The van der Waals surface area contributed by atoms with Crippen molar-refractivity contribution in [3.8, 4) is 0 Å². The average molecular weight is 477 g/mol. The minimum absolute atomic E-state index is 0.0309. The second-order valence-corrected chi connectivity index (χ2v) is 9.36. The molecule has 4 aromatic carbocycles. The van der Waals surface area contributed by atoms with Crippen LogP contribution in [0.2, 0.25) is 0 Å². The number of anilines is 1. The first kappa shape index (κ1) is 24.9. The standard InChI is InChI=1S/C32H32N2O2/c1-23-10-14-29(15-11-23)32(36)34(22-28-9-5-7-25(3)19-28)30-16-12-26(13-17-30)20-31(35)33-21-27-8-4-6-24(2)18-27/h4-19H,20-22H2,1-3H3,(H,33,35). The lowest BCUT2D eigenvalue weighted by molar-refractivity contribution is -0.120. The topological polar surface area (TPSA) is 49.4 Å². The number of carbonyl (C=O) groups is 2. The molecule has 182 valence electrons. The minimum Gasteiger partial charge on any atom is -0.352 e. The van der Waals surface area contributed by atoms with Crippen LogP contribution in [0.5, 0.6) is 0 Å². The van der Waals surface area contributed by atoms with Gasteiger partial charge in [-0.15, -0.1) is 0 Å². The third-order valence-electron chi connectivity index (χ3n) is 6.15. The largest absolute Gasteiger partial charge is 0.352 e. The summed E-state index contributed by atoms with van der Waals surface area (Å²) in [6.07, 6.45) is 0.288. The van der Waals surface area contributed by atoms with Crippen LogP contribution in [0.3, 0.4) is 0 Å². The predicted molar refractivity (Wildman–Crippen MR) is 146 cm³/mol. The fourth-order valence-corrected chi connectivity index (χ4v) is 4.19. The van der Waals surface area contributed by atoms with Crippen LogP contribution in [0.4, 0.5) is 5.69 Å². The summed E-state index contributed by atoms with van der Waals surface area (Å²) in [7, 11) is 0. The zero-order valence-electron chi connectivity index (χ0n) is 21.1. The Morgan fingerprint density at radius 2 is 1.28 bits per heavy atom. The van der Waals surface area contributed by atoms with Crippen LogP contribution in [-0.2, 0) is 24.3 Å². The van der Waals surface area contributed by atoms with E-state index in [0.717, 1.165) is 33.5 Å². The van der Waals surface area contributed by atoms with Gasteiger partial charge in [-0.3, -0.25) is 9.59 Å². The molecular formula is C32H32N2O2. The Hall–Kier alpha value is -4.18. The molecular weight excluding hydrogens is 444 g/mol. The summed E-state index contributed by atoms with van der Waals surface area (Å²) in [6.45, 7) is 7.07. The van der Waals surface area contributed by atoms with E-state index in [9.17, 15) is 9.59 Å². The monoisotopic (exact) mass is 476 g/mol. The van der Waals surface area contributed by atoms with Crippen LogP contribution in [0, 0.1) is 20.8 Å². The lowest BCUT2D eigenvalue weighted by Crippen LogP contribution is -2.30. The molecule has 1 N–H and O–H groups in total. The number of aryl methyl sites for hydroxylation is 3. The SMILES string of the molecule is Cc1ccc(C(=O)N(Cc2cccc(C)c2)c2ccc(CC(=O)NCc3cccc(C)c3)cc2)cc1. The zero-order valence-corrected chi connectivity index (χ0v) is 21.1. The van der Waals surface area contributed by atoms with Crippen molar-refractivity contribution in [3.63, 3.8) is 0 Å². The van der Waals surface area contributed by atoms with Crippen LogP contribution < -0.4 is 10.2 Å². The molecule has 0 aliphatic carbocycles. The number of nitrogens with one attached hydrogen (secondary N) is 1. The number of hydrogen-bond donors (Lipinski definition) is 1. The summed E-state index contributed by atoms with van der Waals surface area (Å²) in [4.78, 5) is 27.8. The van der Waals surface area contributed by atoms with Crippen molar-refractivity contribution >= 4 is 17.5 Å². The highest BCUT2D eigenvalue weighted by Crippen LogP contribution is 2.22. The number of amides is 2. The quantitative estimate of drug-likeness (QED) is 0.324. The summed E-state index contributed by atoms with van der Waals surface area (Å²) >= 11 is 0. The minimum atomic E-state index is -0.0554. The van der Waals surface area contributed by atoms with Crippen molar-refractivity contribution in [1.82, 2.24) is 5.32 Å². The van der Waals surface area contributed by atoms with E-state index < -0.39 is 0 Å². The van der Waals surface area contributed by atoms with Gasteiger partial charge in [-0.05, 0) is 61.7 Å². The molecule has 0 radical (unpaired) electrons. The van der Waals surface area contributed by atoms with Gasteiger partial charge >= 0.3 is 0 Å². The summed E-state index contributed by atoms with van der Waals surface area (Å²) < 4.78 is 0. The molecule has 0 atom stereocenters. The lowest BCUT2D eigenvalue weighted by atomic mass is 10.1. The highest BCUT2D eigenvalue weighted by Gasteiger charge is 2.18. The Balaban J connectivity index is 1.49. The Labute approximate surface area is 213 Å². The molecule has 0 heterocycles. The van der Waals surface area contributed by atoms with E-state index in [1.165, 1.54) is 5.56 Å². The van der Waals surface area contributed by atoms with E-state index in [-0.39, 0.29) is 18.2 Å². The first-order chi connectivity index (χ1) is 17.4. The van der Waals surface area contributed by atoms with E-state index in [1.807, 2.05) is 92.7 Å². The van der Waals surface area contributed by atoms with Crippen molar-refractivity contribution in [3.05, 3.63) is 136 Å². The van der Waals surface area contributed by atoms with Crippen molar-refractivity contribution in [2.45, 2.75) is 40.3 Å². The Bertz CT molecular complexity index is 1340. The van der Waals surface area contributed by atoms with Crippen LogP contribution in [0.25, 0.3) is 0 Å². The van der Waals surface area contributed by atoms with Gasteiger partial charge in [0.25, 0.3) is 5.91 Å². The van der Waals surface area contributed by atoms with E-state index in [1.54, 1.807) is 4.90 Å². The average Bonchev–Trinajstić information content (AvgIpc) is 2.87. The zero-order chi connectivity index (χ0) is 25.5. The van der Waals surface area contributed by atoms with Crippen LogP contribution in [0.15, 0.2) is 97.1 Å². The fourth-order valence-electron chi connectivity index (χ4n) is 4.19. The van der Waals surface area contributed by atoms with Gasteiger partial charge in [0.1, 0.15) is 0 Å². The molecule has 2 amide bonds. The van der Waals surface area contributed by atoms with Crippen molar-refractivity contribution in [1.29, 1.82) is 0 Å². The number of hydrogen-bond acceptors (Lipinski definition) is 2. The van der Waals surface area contributed by atoms with Crippen LogP contribution in [0.1, 0.15) is 43.7 Å². The van der Waals surface area contributed by atoms with Crippen molar-refractivity contribution in [2.75, 3.05) is 4.90 Å². The van der Waals surface area contributed by atoms with E-state index in [0.29, 0.717) is 18.7 Å². The normalized spacial score (nSPS) is 10.6. The molecule has 0 unspecified atom stereocenters. The molecule has 0 aliphatic rings. The van der Waals surface area contributed by atoms with E-state index in [4.69, 9.17) is 0 Å². The first-order valence-corrected chi connectivity index (χ1v) is 12.2. The number of nitrogens with zero attached hydrogens (tertiary/aromatic N) is 1. The molecule has 0 aliphatic heterocycles. The second-order valence-electron chi connectivity index (χ2n) is 9.36. The van der Waals surface area contributed by atoms with Gasteiger partial charge in [0.2, 0.25) is 5.91 Å². The Morgan fingerprint density at radius 3 is 1.92 bits per heavy atom. The Kier molecular flexibility index (Phi) is 7.96. The highest BCUT2D eigenvalue weighted by molar-refractivity contribution is 6.06. The second kappa shape index (κ2) is 11.5. The fraction of sp³-hybridized carbons (Fsp3) is 0.188. The van der Waals surface area contributed by atoms with E-state index in [2.05, 4.69) is 30.4 Å². The van der Waals surface area contributed by atoms with Gasteiger partial charge in [0.05, 0.1) is 13.0 Å². The molecule has 0 saturated heterocycles. The molecule has 4 nitrogen and oxygen atoms in total. The Morgan fingerprint density at radius 1 is 0.667 bits per heavy atom. The first-order valence-electron chi connectivity index (χ1n) is 12.2. The van der Waals surface area contributed by atoms with E-state index >= 15 is 0 Å². The molecule has 0 aromatic heterocycles. The highest BCUT2D eigenvalue weighted by atomic mass is 16.2. The third kappa shape index (κ3) is 6.70. The number of carbonyl (C=O) groups excluding carboxylic acids is 2. The molecule has 0 saturated carbocycles. The van der Waals surface area contributed by atoms with Gasteiger partial charge in [-0.25, -0.2) is 0 Å². The summed E-state index contributed by atoms with van der Waals surface area (Å²) in [5.74, 6) is -0.0863. The smallest absolute Gasteiger partial charge is 0.258 e. The molecule has 4 heteroatoms. The van der Waals surface area contributed by atoms with Crippen molar-refractivity contribution < 1.29 is 9.59 Å². The van der Waals surface area contributed by atoms with Crippen LogP contribution in [-0.4, -0.2) is 11.8 Å². The van der Waals surface area contributed by atoms with Gasteiger partial charge in [0, 0.05) is 17.8 Å². The van der Waals surface area contributed by atoms with Gasteiger partial charge in [-0.1, -0.05) is 89.5 Å². The maximum atomic E-state index is 13.5. The molecule has 0 bridgehead atoms. The molecule has 36 heavy (non-hydrogen) atoms. The van der Waals surface area contributed by atoms with Gasteiger partial charge in [-0.2, -0.15) is 0 Å². The van der Waals surface area contributed by atoms with Crippen LogP contribution >= 0.6 is 0 Å². The summed E-state index contributed by atoms with van der Waals surface area (Å²) in [5.41, 5.74) is 7.93. The molecule has 4 rings (SSSR count). The summed E-state index contributed by atoms with van der Waals surface area (Å²) in [6, 6.07) is 31.7. The predicted octanol–water partition coefficient (Wildman–Crippen LogP) is 6.32. The molecule has 0 spiro atoms. The summed E-state index contributed by atoms with van der Waals surface area (Å²) in [5, 5.41) is 2.99. The van der Waals surface area contributed by atoms with Gasteiger partial charge < -0.3 is 10.2 Å². The maximum absolute atomic E-state index is 13.5. The van der Waals surface area contributed by atoms with Crippen molar-refractivity contribution in [2.24, 2.45) is 0 Å².